The standard InChI is InChI=1S/C17H32N2/c1-4-7-13-19-15-16(11-9-8-10-12-16)18-14-17(19,5-2)6-3/h4,7,18H,5-6,8-15H2,1-3H3/b7-4+. The summed E-state index contributed by atoms with van der Waals surface area (Å²) in [6, 6.07) is 0. The molecule has 1 N–H and O–H groups in total. The molecule has 110 valence electrons. The second kappa shape index (κ2) is 6.41. The lowest BCUT2D eigenvalue weighted by molar-refractivity contribution is -0.00605. The monoisotopic (exact) mass is 264 g/mol. The molecule has 0 amide bonds. The minimum Gasteiger partial charge on any atom is -0.308 e. The summed E-state index contributed by atoms with van der Waals surface area (Å²) in [7, 11) is 0. The third-order valence-electron chi connectivity index (χ3n) is 5.65. The van der Waals surface area contributed by atoms with Crippen LogP contribution >= 0.6 is 0 Å². The molecule has 1 aliphatic heterocycles. The van der Waals surface area contributed by atoms with Gasteiger partial charge in [-0.2, -0.15) is 0 Å². The van der Waals surface area contributed by atoms with Crippen LogP contribution in [0.5, 0.6) is 0 Å². The zero-order chi connectivity index (χ0) is 13.8. The van der Waals surface area contributed by atoms with Crippen LogP contribution in [0.3, 0.4) is 0 Å². The van der Waals surface area contributed by atoms with Gasteiger partial charge in [0.25, 0.3) is 0 Å². The molecule has 0 aromatic rings. The molecule has 2 nitrogen and oxygen atoms in total. The van der Waals surface area contributed by atoms with E-state index in [0.717, 1.165) is 6.54 Å². The van der Waals surface area contributed by atoms with E-state index in [1.54, 1.807) is 0 Å². The Bertz CT molecular complexity index is 298. The van der Waals surface area contributed by atoms with Crippen LogP contribution in [0.15, 0.2) is 12.2 Å². The minimum atomic E-state index is 0.377. The summed E-state index contributed by atoms with van der Waals surface area (Å²) in [4.78, 5) is 2.77. The van der Waals surface area contributed by atoms with Crippen LogP contribution in [-0.2, 0) is 0 Å². The highest BCUT2D eigenvalue weighted by Gasteiger charge is 2.45. The van der Waals surface area contributed by atoms with Crippen LogP contribution in [0.2, 0.25) is 0 Å². The molecule has 0 bridgehead atoms. The fourth-order valence-electron chi connectivity index (χ4n) is 4.05. The molecule has 0 radical (unpaired) electrons. The Morgan fingerprint density at radius 2 is 1.79 bits per heavy atom. The number of hydrogen-bond acceptors (Lipinski definition) is 2. The van der Waals surface area contributed by atoms with Crippen molar-refractivity contribution in [2.75, 3.05) is 19.6 Å². The third-order valence-corrected chi connectivity index (χ3v) is 5.65. The van der Waals surface area contributed by atoms with Crippen molar-refractivity contribution in [3.05, 3.63) is 12.2 Å². The van der Waals surface area contributed by atoms with E-state index in [1.165, 1.54) is 58.0 Å². The van der Waals surface area contributed by atoms with E-state index in [1.807, 2.05) is 0 Å². The Labute approximate surface area is 119 Å². The molecule has 2 rings (SSSR count). The zero-order valence-corrected chi connectivity index (χ0v) is 13.2. The SMILES string of the molecule is C/C=C/CN1CC2(CCCCC2)NCC1(CC)CC. The fraction of sp³-hybridized carbons (Fsp3) is 0.882. The molecule has 0 aromatic carbocycles. The van der Waals surface area contributed by atoms with Crippen molar-refractivity contribution in [3.8, 4) is 0 Å². The van der Waals surface area contributed by atoms with Crippen molar-refractivity contribution in [3.63, 3.8) is 0 Å². The Hall–Kier alpha value is -0.340. The second-order valence-electron chi connectivity index (χ2n) is 6.58. The molecule has 0 unspecified atom stereocenters. The van der Waals surface area contributed by atoms with E-state index in [0.29, 0.717) is 11.1 Å². The van der Waals surface area contributed by atoms with Gasteiger partial charge in [0, 0.05) is 30.7 Å². The predicted octanol–water partition coefficient (Wildman–Crippen LogP) is 3.73. The van der Waals surface area contributed by atoms with E-state index in [4.69, 9.17) is 0 Å². The molecule has 1 saturated carbocycles. The molecule has 0 aromatic heterocycles. The lowest BCUT2D eigenvalue weighted by Crippen LogP contribution is -2.70. The van der Waals surface area contributed by atoms with Gasteiger partial charge in [-0.05, 0) is 32.6 Å². The highest BCUT2D eigenvalue weighted by molar-refractivity contribution is 5.06. The van der Waals surface area contributed by atoms with Gasteiger partial charge in [-0.15, -0.1) is 0 Å². The molecule has 0 atom stereocenters. The van der Waals surface area contributed by atoms with Gasteiger partial charge < -0.3 is 5.32 Å². The normalized spacial score (nSPS) is 27.1. The molecule has 2 fully saturated rings. The Balaban J connectivity index is 2.13. The summed E-state index contributed by atoms with van der Waals surface area (Å²) in [5, 5.41) is 3.97. The van der Waals surface area contributed by atoms with Crippen LogP contribution in [0.1, 0.15) is 65.7 Å². The summed E-state index contributed by atoms with van der Waals surface area (Å²) in [6.07, 6.45) is 14.1. The lowest BCUT2D eigenvalue weighted by atomic mass is 9.76. The van der Waals surface area contributed by atoms with Gasteiger partial charge in [-0.3, -0.25) is 4.90 Å². The zero-order valence-electron chi connectivity index (χ0n) is 13.2. The molecule has 1 aliphatic carbocycles. The third kappa shape index (κ3) is 3.05. The van der Waals surface area contributed by atoms with E-state index in [-0.39, 0.29) is 0 Å². The first-order valence-corrected chi connectivity index (χ1v) is 8.31. The smallest absolute Gasteiger partial charge is 0.0333 e. The maximum Gasteiger partial charge on any atom is 0.0333 e. The average Bonchev–Trinajstić information content (AvgIpc) is 2.47. The average molecular weight is 264 g/mol. The highest BCUT2D eigenvalue weighted by Crippen LogP contribution is 2.37. The minimum absolute atomic E-state index is 0.377. The summed E-state index contributed by atoms with van der Waals surface area (Å²) >= 11 is 0. The van der Waals surface area contributed by atoms with Crippen molar-refractivity contribution in [2.24, 2.45) is 0 Å². The van der Waals surface area contributed by atoms with Crippen LogP contribution in [-0.4, -0.2) is 35.6 Å². The molecule has 2 aliphatic rings. The first-order chi connectivity index (χ1) is 9.20. The van der Waals surface area contributed by atoms with Gasteiger partial charge >= 0.3 is 0 Å². The van der Waals surface area contributed by atoms with Gasteiger partial charge in [0.05, 0.1) is 0 Å². The number of piperazine rings is 1. The van der Waals surface area contributed by atoms with Crippen molar-refractivity contribution < 1.29 is 0 Å². The number of allylic oxidation sites excluding steroid dienone is 1. The second-order valence-corrected chi connectivity index (χ2v) is 6.58. The first kappa shape index (κ1) is 15.1. The molecular weight excluding hydrogens is 232 g/mol. The number of nitrogens with one attached hydrogen (secondary N) is 1. The van der Waals surface area contributed by atoms with Crippen molar-refractivity contribution in [1.82, 2.24) is 10.2 Å². The van der Waals surface area contributed by atoms with Gasteiger partial charge in [-0.1, -0.05) is 45.3 Å². The molecule has 1 spiro atoms. The summed E-state index contributed by atoms with van der Waals surface area (Å²) < 4.78 is 0. The highest BCUT2D eigenvalue weighted by atomic mass is 15.3. The van der Waals surface area contributed by atoms with Crippen LogP contribution in [0.4, 0.5) is 0 Å². The van der Waals surface area contributed by atoms with Crippen molar-refractivity contribution in [1.29, 1.82) is 0 Å². The quantitative estimate of drug-likeness (QED) is 0.778. The Morgan fingerprint density at radius 1 is 1.11 bits per heavy atom. The summed E-state index contributed by atoms with van der Waals surface area (Å²) in [5.41, 5.74) is 0.801. The van der Waals surface area contributed by atoms with Crippen LogP contribution in [0.25, 0.3) is 0 Å². The van der Waals surface area contributed by atoms with E-state index >= 15 is 0 Å². The topological polar surface area (TPSA) is 15.3 Å². The molecule has 1 saturated heterocycles. The number of rotatable bonds is 4. The molecular formula is C17H32N2. The summed E-state index contributed by atoms with van der Waals surface area (Å²) in [6.45, 7) is 10.4. The first-order valence-electron chi connectivity index (χ1n) is 8.31. The van der Waals surface area contributed by atoms with Crippen LogP contribution < -0.4 is 5.32 Å². The van der Waals surface area contributed by atoms with Gasteiger partial charge in [0.15, 0.2) is 0 Å². The van der Waals surface area contributed by atoms with Gasteiger partial charge in [0.2, 0.25) is 0 Å². The maximum absolute atomic E-state index is 3.97. The van der Waals surface area contributed by atoms with Gasteiger partial charge in [0.1, 0.15) is 0 Å². The van der Waals surface area contributed by atoms with Crippen molar-refractivity contribution >= 4 is 0 Å². The fourth-order valence-corrected chi connectivity index (χ4v) is 4.05. The van der Waals surface area contributed by atoms with Crippen molar-refractivity contribution in [2.45, 2.75) is 76.8 Å². The predicted molar refractivity (Wildman–Crippen MR) is 83.5 cm³/mol. The summed E-state index contributed by atoms with van der Waals surface area (Å²) in [5.74, 6) is 0. The van der Waals surface area contributed by atoms with Crippen LogP contribution in [0, 0.1) is 0 Å². The van der Waals surface area contributed by atoms with Gasteiger partial charge in [-0.25, -0.2) is 0 Å². The van der Waals surface area contributed by atoms with E-state index < -0.39 is 0 Å². The molecule has 19 heavy (non-hydrogen) atoms. The molecule has 1 heterocycles. The van der Waals surface area contributed by atoms with E-state index in [9.17, 15) is 0 Å². The Kier molecular flexibility index (Phi) is 5.08. The number of nitrogens with zero attached hydrogens (tertiary/aromatic N) is 1. The maximum atomic E-state index is 3.97. The lowest BCUT2D eigenvalue weighted by Gasteiger charge is -2.55. The number of hydrogen-bond donors (Lipinski definition) is 1. The molecule has 2 heteroatoms. The Morgan fingerprint density at radius 3 is 2.37 bits per heavy atom. The van der Waals surface area contributed by atoms with E-state index in [2.05, 4.69) is 43.1 Å². The largest absolute Gasteiger partial charge is 0.308 e.